The zero-order valence-corrected chi connectivity index (χ0v) is 12.6. The van der Waals surface area contributed by atoms with Crippen LogP contribution in [-0.4, -0.2) is 46.3 Å². The molecule has 0 aliphatic rings. The van der Waals surface area contributed by atoms with Gasteiger partial charge in [0, 0.05) is 11.3 Å². The SMILES string of the molecule is CSC(CO)C(C)NC(=O)[C@@H](N)Cc1ccc(O)cc1. The number of nitrogens with one attached hydrogen (secondary N) is 1. The first-order valence-electron chi connectivity index (χ1n) is 6.45. The maximum atomic E-state index is 12.0. The van der Waals surface area contributed by atoms with Gasteiger partial charge in [-0.1, -0.05) is 12.1 Å². The Morgan fingerprint density at radius 3 is 2.50 bits per heavy atom. The van der Waals surface area contributed by atoms with E-state index in [1.165, 1.54) is 11.8 Å². The van der Waals surface area contributed by atoms with E-state index in [-0.39, 0.29) is 29.6 Å². The molecule has 112 valence electrons. The average molecular weight is 298 g/mol. The first-order valence-corrected chi connectivity index (χ1v) is 7.74. The van der Waals surface area contributed by atoms with Crippen molar-refractivity contribution in [2.75, 3.05) is 12.9 Å². The van der Waals surface area contributed by atoms with Gasteiger partial charge in [0.05, 0.1) is 12.6 Å². The van der Waals surface area contributed by atoms with E-state index < -0.39 is 6.04 Å². The highest BCUT2D eigenvalue weighted by Crippen LogP contribution is 2.12. The van der Waals surface area contributed by atoms with Crippen molar-refractivity contribution in [3.63, 3.8) is 0 Å². The lowest BCUT2D eigenvalue weighted by Crippen LogP contribution is -2.49. The smallest absolute Gasteiger partial charge is 0.237 e. The Bertz CT molecular complexity index is 421. The predicted molar refractivity (Wildman–Crippen MR) is 81.8 cm³/mol. The number of benzene rings is 1. The number of phenolic OH excluding ortho intramolecular Hbond substituents is 1. The van der Waals surface area contributed by atoms with Gasteiger partial charge in [0.1, 0.15) is 5.75 Å². The van der Waals surface area contributed by atoms with Crippen LogP contribution in [0.25, 0.3) is 0 Å². The van der Waals surface area contributed by atoms with Gasteiger partial charge in [0.25, 0.3) is 0 Å². The Morgan fingerprint density at radius 1 is 1.40 bits per heavy atom. The van der Waals surface area contributed by atoms with Crippen molar-refractivity contribution in [2.45, 2.75) is 30.7 Å². The summed E-state index contributed by atoms with van der Waals surface area (Å²) in [6.07, 6.45) is 2.29. The molecule has 1 amide bonds. The van der Waals surface area contributed by atoms with Crippen molar-refractivity contribution in [3.8, 4) is 5.75 Å². The lowest BCUT2D eigenvalue weighted by molar-refractivity contribution is -0.122. The van der Waals surface area contributed by atoms with Crippen molar-refractivity contribution in [3.05, 3.63) is 29.8 Å². The van der Waals surface area contributed by atoms with E-state index in [0.717, 1.165) is 5.56 Å². The molecule has 0 heterocycles. The third-order valence-electron chi connectivity index (χ3n) is 3.14. The zero-order chi connectivity index (χ0) is 15.1. The van der Waals surface area contributed by atoms with Crippen LogP contribution in [0.2, 0.25) is 0 Å². The van der Waals surface area contributed by atoms with Crippen molar-refractivity contribution in [1.82, 2.24) is 5.32 Å². The first-order chi connectivity index (χ1) is 9.47. The number of carbonyl (C=O) groups is 1. The van der Waals surface area contributed by atoms with Gasteiger partial charge in [0.2, 0.25) is 5.91 Å². The molecule has 0 aliphatic carbocycles. The number of aliphatic hydroxyl groups excluding tert-OH is 1. The van der Waals surface area contributed by atoms with Gasteiger partial charge in [-0.25, -0.2) is 0 Å². The molecule has 0 saturated carbocycles. The summed E-state index contributed by atoms with van der Waals surface area (Å²) in [5.41, 5.74) is 6.77. The van der Waals surface area contributed by atoms with Crippen molar-refractivity contribution >= 4 is 17.7 Å². The largest absolute Gasteiger partial charge is 0.508 e. The van der Waals surface area contributed by atoms with Gasteiger partial charge in [-0.15, -0.1) is 0 Å². The molecular weight excluding hydrogens is 276 g/mol. The van der Waals surface area contributed by atoms with Crippen molar-refractivity contribution in [2.24, 2.45) is 5.73 Å². The molecule has 20 heavy (non-hydrogen) atoms. The molecule has 5 nitrogen and oxygen atoms in total. The second kappa shape index (κ2) is 8.14. The number of hydrogen-bond donors (Lipinski definition) is 4. The van der Waals surface area contributed by atoms with E-state index in [1.54, 1.807) is 24.3 Å². The molecule has 1 aromatic rings. The number of nitrogens with two attached hydrogens (primary N) is 1. The van der Waals surface area contributed by atoms with Crippen LogP contribution in [0.4, 0.5) is 0 Å². The predicted octanol–water partition coefficient (Wildman–Crippen LogP) is 0.491. The lowest BCUT2D eigenvalue weighted by Gasteiger charge is -2.23. The Morgan fingerprint density at radius 2 is 2.00 bits per heavy atom. The monoisotopic (exact) mass is 298 g/mol. The van der Waals surface area contributed by atoms with Gasteiger partial charge >= 0.3 is 0 Å². The normalized spacial score (nSPS) is 15.4. The Kier molecular flexibility index (Phi) is 6.84. The molecule has 1 rings (SSSR count). The van der Waals surface area contributed by atoms with Gasteiger partial charge < -0.3 is 21.3 Å². The number of amides is 1. The maximum Gasteiger partial charge on any atom is 0.237 e. The molecule has 0 fully saturated rings. The zero-order valence-electron chi connectivity index (χ0n) is 11.7. The van der Waals surface area contributed by atoms with Gasteiger partial charge in [-0.3, -0.25) is 4.79 Å². The van der Waals surface area contributed by atoms with Gasteiger partial charge in [0.15, 0.2) is 0 Å². The van der Waals surface area contributed by atoms with Crippen LogP contribution >= 0.6 is 11.8 Å². The minimum atomic E-state index is -0.650. The van der Waals surface area contributed by atoms with E-state index in [2.05, 4.69) is 5.32 Å². The van der Waals surface area contributed by atoms with Crippen LogP contribution in [0.5, 0.6) is 5.75 Å². The third-order valence-corrected chi connectivity index (χ3v) is 4.30. The van der Waals surface area contributed by atoms with Crippen LogP contribution < -0.4 is 11.1 Å². The van der Waals surface area contributed by atoms with Crippen LogP contribution in [0, 0.1) is 0 Å². The lowest BCUT2D eigenvalue weighted by atomic mass is 10.1. The molecule has 6 heteroatoms. The molecule has 0 spiro atoms. The van der Waals surface area contributed by atoms with Crippen LogP contribution in [0.15, 0.2) is 24.3 Å². The Balaban J connectivity index is 2.52. The van der Waals surface area contributed by atoms with Crippen LogP contribution in [0.3, 0.4) is 0 Å². The molecule has 1 aromatic carbocycles. The number of rotatable bonds is 7. The minimum absolute atomic E-state index is 0.00974. The van der Waals surface area contributed by atoms with E-state index in [4.69, 9.17) is 5.73 Å². The fourth-order valence-corrected chi connectivity index (χ4v) is 2.47. The second-order valence-electron chi connectivity index (χ2n) is 4.73. The van der Waals surface area contributed by atoms with E-state index in [9.17, 15) is 15.0 Å². The number of aromatic hydroxyl groups is 1. The van der Waals surface area contributed by atoms with Crippen molar-refractivity contribution < 1.29 is 15.0 Å². The number of hydrogen-bond acceptors (Lipinski definition) is 5. The molecule has 0 radical (unpaired) electrons. The van der Waals surface area contributed by atoms with E-state index in [1.807, 2.05) is 13.2 Å². The number of phenols is 1. The summed E-state index contributed by atoms with van der Waals surface area (Å²) in [5.74, 6) is -0.0516. The average Bonchev–Trinajstić information content (AvgIpc) is 2.42. The third kappa shape index (κ3) is 5.03. The Labute approximate surface area is 123 Å². The molecule has 3 atom stereocenters. The quantitative estimate of drug-likeness (QED) is 0.587. The van der Waals surface area contributed by atoms with E-state index >= 15 is 0 Å². The topological polar surface area (TPSA) is 95.6 Å². The second-order valence-corrected chi connectivity index (χ2v) is 5.81. The fraction of sp³-hybridized carbons (Fsp3) is 0.500. The first kappa shape index (κ1) is 16.8. The summed E-state index contributed by atoms with van der Waals surface area (Å²) in [5, 5.41) is 21.2. The summed E-state index contributed by atoms with van der Waals surface area (Å²) in [6, 6.07) is 5.82. The summed E-state index contributed by atoms with van der Waals surface area (Å²) in [6.45, 7) is 1.86. The van der Waals surface area contributed by atoms with Gasteiger partial charge in [-0.2, -0.15) is 11.8 Å². The summed E-state index contributed by atoms with van der Waals surface area (Å²) in [4.78, 5) is 12.0. The van der Waals surface area contributed by atoms with Crippen LogP contribution in [0.1, 0.15) is 12.5 Å². The van der Waals surface area contributed by atoms with Gasteiger partial charge in [-0.05, 0) is 37.3 Å². The summed E-state index contributed by atoms with van der Waals surface area (Å²) >= 11 is 1.50. The molecule has 5 N–H and O–H groups in total. The summed E-state index contributed by atoms with van der Waals surface area (Å²) < 4.78 is 0. The Hall–Kier alpha value is -1.24. The molecule has 0 aromatic heterocycles. The minimum Gasteiger partial charge on any atom is -0.508 e. The fourth-order valence-electron chi connectivity index (χ4n) is 1.84. The van der Waals surface area contributed by atoms with Crippen molar-refractivity contribution in [1.29, 1.82) is 0 Å². The highest BCUT2D eigenvalue weighted by Gasteiger charge is 2.21. The maximum absolute atomic E-state index is 12.0. The highest BCUT2D eigenvalue weighted by molar-refractivity contribution is 7.99. The highest BCUT2D eigenvalue weighted by atomic mass is 32.2. The standard InChI is InChI=1S/C14H22N2O3S/c1-9(13(8-17)20-2)16-14(19)12(15)7-10-3-5-11(18)6-4-10/h3-6,9,12-13,17-18H,7-8,15H2,1-2H3,(H,16,19)/t9?,12-,13?/m0/s1. The molecule has 0 bridgehead atoms. The molecular formula is C14H22N2O3S. The van der Waals surface area contributed by atoms with E-state index in [0.29, 0.717) is 6.42 Å². The molecule has 2 unspecified atom stereocenters. The number of aliphatic hydroxyl groups is 1. The number of thioether (sulfide) groups is 1. The molecule has 0 saturated heterocycles. The number of carbonyl (C=O) groups excluding carboxylic acids is 1. The summed E-state index contributed by atoms with van der Waals surface area (Å²) in [7, 11) is 0. The van der Waals surface area contributed by atoms with Crippen LogP contribution in [-0.2, 0) is 11.2 Å². The molecule has 0 aliphatic heterocycles.